The third kappa shape index (κ3) is 9.20. The number of aryl methyl sites for hydroxylation is 1. The molecule has 0 saturated carbocycles. The predicted molar refractivity (Wildman–Crippen MR) is 116 cm³/mol. The van der Waals surface area contributed by atoms with E-state index in [4.69, 9.17) is 19.8 Å². The topological polar surface area (TPSA) is 123 Å². The van der Waals surface area contributed by atoms with Gasteiger partial charge in [0.2, 0.25) is 5.91 Å². The van der Waals surface area contributed by atoms with E-state index in [0.717, 1.165) is 31.1 Å². The molecule has 2 saturated heterocycles. The van der Waals surface area contributed by atoms with Crippen molar-refractivity contribution in [1.29, 1.82) is 0 Å². The van der Waals surface area contributed by atoms with Crippen molar-refractivity contribution in [2.75, 3.05) is 20.1 Å². The number of halogens is 6. The average molecular weight is 551 g/mol. The Bertz CT molecular complexity index is 884. The maximum atomic E-state index is 12.2. The Hall–Kier alpha value is -2.46. The number of hydrogen-bond donors (Lipinski definition) is 3. The normalized spacial score (nSPS) is 22.2. The number of carbonyl (C=O) groups excluding carboxylic acids is 1. The number of carboxylic acids is 2. The Morgan fingerprint density at radius 2 is 1.61 bits per heavy atom. The third-order valence-electron chi connectivity index (χ3n) is 5.43. The zero-order valence-electron chi connectivity index (χ0n) is 19.9. The number of alkyl halides is 6. The lowest BCUT2D eigenvalue weighted by molar-refractivity contribution is -0.193. The van der Waals surface area contributed by atoms with Gasteiger partial charge in [-0.1, -0.05) is 0 Å². The molecule has 0 aromatic carbocycles. The van der Waals surface area contributed by atoms with Crippen LogP contribution in [0.15, 0.2) is 5.38 Å². The zero-order chi connectivity index (χ0) is 28.0. The predicted octanol–water partition coefficient (Wildman–Crippen LogP) is 2.75. The van der Waals surface area contributed by atoms with Gasteiger partial charge >= 0.3 is 24.3 Å². The standard InChI is InChI=1S/C16H26N4OS.2C2HF3O2/c1-10(2)20-14(16(21)17-4)5-12-6-19(8-15(12)20)7-13-9-22-11(3)18-13;2*3-2(4,5)1(6)7/h9-10,12,14-15H,5-8H2,1-4H3,(H,17,21);2*(H,6,7)/t12-,14-,15+;;/m0../s1. The molecule has 1 aromatic rings. The lowest BCUT2D eigenvalue weighted by atomic mass is 10.0. The zero-order valence-corrected chi connectivity index (χ0v) is 20.7. The molecule has 3 rings (SSSR count). The summed E-state index contributed by atoms with van der Waals surface area (Å²) in [5, 5.41) is 20.4. The van der Waals surface area contributed by atoms with Crippen LogP contribution in [-0.4, -0.2) is 93.5 Å². The van der Waals surface area contributed by atoms with E-state index >= 15 is 0 Å². The molecule has 0 radical (unpaired) electrons. The van der Waals surface area contributed by atoms with Gasteiger partial charge in [-0.05, 0) is 33.1 Å². The second-order valence-corrected chi connectivity index (χ2v) is 9.45. The van der Waals surface area contributed by atoms with Crippen LogP contribution in [0.5, 0.6) is 0 Å². The van der Waals surface area contributed by atoms with Gasteiger partial charge in [0.1, 0.15) is 0 Å². The van der Waals surface area contributed by atoms with Crippen LogP contribution in [0.4, 0.5) is 26.3 Å². The van der Waals surface area contributed by atoms with Crippen molar-refractivity contribution in [3.63, 3.8) is 0 Å². The second kappa shape index (κ2) is 12.7. The van der Waals surface area contributed by atoms with Gasteiger partial charge < -0.3 is 15.5 Å². The monoisotopic (exact) mass is 550 g/mol. The van der Waals surface area contributed by atoms with Crippen molar-refractivity contribution in [3.05, 3.63) is 16.1 Å². The van der Waals surface area contributed by atoms with Crippen LogP contribution in [0.2, 0.25) is 0 Å². The Morgan fingerprint density at radius 1 is 1.11 bits per heavy atom. The number of aliphatic carboxylic acids is 2. The first-order valence-corrected chi connectivity index (χ1v) is 11.5. The van der Waals surface area contributed by atoms with Crippen LogP contribution in [-0.2, 0) is 20.9 Å². The Balaban J connectivity index is 0.000000383. The quantitative estimate of drug-likeness (QED) is 0.490. The molecule has 0 bridgehead atoms. The van der Waals surface area contributed by atoms with E-state index in [1.807, 2.05) is 0 Å². The van der Waals surface area contributed by atoms with E-state index in [9.17, 15) is 31.1 Å². The number of likely N-dealkylation sites (tertiary alicyclic amines) is 2. The number of thiazole rings is 1. The van der Waals surface area contributed by atoms with Gasteiger partial charge in [-0.3, -0.25) is 14.6 Å². The molecule has 1 aromatic heterocycles. The molecule has 2 aliphatic rings. The molecule has 2 aliphatic heterocycles. The molecule has 9 nitrogen and oxygen atoms in total. The van der Waals surface area contributed by atoms with E-state index in [1.54, 1.807) is 18.4 Å². The minimum absolute atomic E-state index is 0.0451. The van der Waals surface area contributed by atoms with Crippen LogP contribution in [0.25, 0.3) is 0 Å². The molecule has 36 heavy (non-hydrogen) atoms. The molecule has 3 N–H and O–H groups in total. The summed E-state index contributed by atoms with van der Waals surface area (Å²) >= 11 is 1.72. The van der Waals surface area contributed by atoms with E-state index in [-0.39, 0.29) is 11.9 Å². The van der Waals surface area contributed by atoms with Gasteiger partial charge in [0, 0.05) is 44.1 Å². The fourth-order valence-corrected chi connectivity index (χ4v) is 4.75. The van der Waals surface area contributed by atoms with Crippen molar-refractivity contribution in [3.8, 4) is 0 Å². The van der Waals surface area contributed by atoms with E-state index < -0.39 is 24.3 Å². The smallest absolute Gasteiger partial charge is 0.475 e. The molecular weight excluding hydrogens is 522 g/mol. The largest absolute Gasteiger partial charge is 0.490 e. The summed E-state index contributed by atoms with van der Waals surface area (Å²) in [6.45, 7) is 9.52. The molecule has 16 heteroatoms. The van der Waals surface area contributed by atoms with Crippen LogP contribution >= 0.6 is 11.3 Å². The molecule has 1 amide bonds. The first kappa shape index (κ1) is 31.6. The number of fused-ring (bicyclic) bond motifs is 1. The van der Waals surface area contributed by atoms with Gasteiger partial charge in [-0.25, -0.2) is 14.6 Å². The molecule has 2 fully saturated rings. The Labute approximate surface area is 207 Å². The number of rotatable bonds is 4. The highest BCUT2D eigenvalue weighted by Crippen LogP contribution is 2.37. The molecule has 0 aliphatic carbocycles. The number of carbonyl (C=O) groups is 3. The van der Waals surface area contributed by atoms with Crippen molar-refractivity contribution in [1.82, 2.24) is 20.1 Å². The number of carboxylic acid groups (broad SMARTS) is 2. The van der Waals surface area contributed by atoms with Gasteiger partial charge in [-0.15, -0.1) is 11.3 Å². The van der Waals surface area contributed by atoms with Crippen molar-refractivity contribution in [2.45, 2.75) is 64.2 Å². The number of amides is 1. The minimum atomic E-state index is -5.08. The number of likely N-dealkylation sites (N-methyl/N-ethyl adjacent to an activating group) is 1. The summed E-state index contributed by atoms with van der Waals surface area (Å²) in [6, 6.07) is 0.949. The van der Waals surface area contributed by atoms with E-state index in [2.05, 4.69) is 46.3 Å². The van der Waals surface area contributed by atoms with Crippen LogP contribution in [0, 0.1) is 12.8 Å². The molecular formula is C20H28F6N4O5S. The number of nitrogens with zero attached hydrogens (tertiary/aromatic N) is 3. The average Bonchev–Trinajstić information content (AvgIpc) is 3.40. The van der Waals surface area contributed by atoms with Crippen molar-refractivity contribution in [2.24, 2.45) is 5.92 Å². The van der Waals surface area contributed by atoms with Crippen LogP contribution in [0.3, 0.4) is 0 Å². The van der Waals surface area contributed by atoms with Gasteiger partial charge in [0.25, 0.3) is 0 Å². The van der Waals surface area contributed by atoms with Gasteiger partial charge in [0.05, 0.1) is 16.7 Å². The van der Waals surface area contributed by atoms with Crippen molar-refractivity contribution >= 4 is 29.2 Å². The van der Waals surface area contributed by atoms with Gasteiger partial charge in [0.15, 0.2) is 0 Å². The van der Waals surface area contributed by atoms with Crippen LogP contribution < -0.4 is 5.32 Å². The fourth-order valence-electron chi connectivity index (χ4n) is 4.14. The fraction of sp³-hybridized carbons (Fsp3) is 0.700. The lowest BCUT2D eigenvalue weighted by Gasteiger charge is -2.33. The number of aromatic nitrogens is 1. The molecule has 0 spiro atoms. The van der Waals surface area contributed by atoms with Gasteiger partial charge in [-0.2, -0.15) is 26.3 Å². The second-order valence-electron chi connectivity index (χ2n) is 8.39. The molecule has 3 atom stereocenters. The number of hydrogen-bond acceptors (Lipinski definition) is 7. The maximum absolute atomic E-state index is 12.2. The molecule has 206 valence electrons. The summed E-state index contributed by atoms with van der Waals surface area (Å²) in [6.07, 6.45) is -9.19. The highest BCUT2D eigenvalue weighted by molar-refractivity contribution is 7.09. The molecule has 3 heterocycles. The maximum Gasteiger partial charge on any atom is 0.490 e. The minimum Gasteiger partial charge on any atom is -0.475 e. The molecule has 0 unspecified atom stereocenters. The summed E-state index contributed by atoms with van der Waals surface area (Å²) in [5.41, 5.74) is 1.18. The summed E-state index contributed by atoms with van der Waals surface area (Å²) in [7, 11) is 1.74. The van der Waals surface area contributed by atoms with E-state index in [1.165, 1.54) is 5.69 Å². The SMILES string of the molecule is CNC(=O)[C@@H]1C[C@H]2CN(Cc3csc(C)n3)C[C@H]2N1C(C)C.O=C(O)C(F)(F)F.O=C(O)C(F)(F)F. The Morgan fingerprint density at radius 3 is 1.97 bits per heavy atom. The van der Waals surface area contributed by atoms with E-state index in [0.29, 0.717) is 18.0 Å². The van der Waals surface area contributed by atoms with Crippen molar-refractivity contribution < 1.29 is 50.9 Å². The first-order chi connectivity index (χ1) is 16.4. The Kier molecular flexibility index (Phi) is 11.1. The van der Waals surface area contributed by atoms with Crippen LogP contribution in [0.1, 0.15) is 31.0 Å². The first-order valence-electron chi connectivity index (χ1n) is 10.6. The summed E-state index contributed by atoms with van der Waals surface area (Å²) in [5.74, 6) is -4.74. The third-order valence-corrected chi connectivity index (χ3v) is 6.26. The number of nitrogens with one attached hydrogen (secondary N) is 1. The summed E-state index contributed by atoms with van der Waals surface area (Å²) in [4.78, 5) is 39.5. The summed E-state index contributed by atoms with van der Waals surface area (Å²) < 4.78 is 63.5. The highest BCUT2D eigenvalue weighted by atomic mass is 32.1. The highest BCUT2D eigenvalue weighted by Gasteiger charge is 2.49. The lowest BCUT2D eigenvalue weighted by Crippen LogP contribution is -2.50.